The summed E-state index contributed by atoms with van der Waals surface area (Å²) in [6.45, 7) is 23.2. The number of fused-ring (bicyclic) bond motifs is 1. The highest BCUT2D eigenvalue weighted by atomic mass is 16.6. The van der Waals surface area contributed by atoms with E-state index in [9.17, 15) is 30.0 Å². The second-order valence-corrected chi connectivity index (χ2v) is 20.1. The van der Waals surface area contributed by atoms with Gasteiger partial charge in [0.05, 0.1) is 16.7 Å². The average Bonchev–Trinajstić information content (AvgIpc) is 3.26. The maximum absolute atomic E-state index is 14.3. The molecule has 0 amide bonds. The Morgan fingerprint density at radius 3 is 1.27 bits per heavy atom. The van der Waals surface area contributed by atoms with E-state index in [4.69, 9.17) is 14.2 Å². The zero-order valence-corrected chi connectivity index (χ0v) is 35.1. The van der Waals surface area contributed by atoms with Crippen LogP contribution in [0.5, 0.6) is 0 Å². The lowest BCUT2D eigenvalue weighted by molar-refractivity contribution is -0.222. The number of ether oxygens (including phenoxy) is 3. The number of carbonyl (C=O) groups excluding carboxylic acids is 3. The first-order valence-corrected chi connectivity index (χ1v) is 19.8. The van der Waals surface area contributed by atoms with Crippen molar-refractivity contribution in [3.05, 3.63) is 47.0 Å². The summed E-state index contributed by atoms with van der Waals surface area (Å²) in [6.07, 6.45) is 3.23. The van der Waals surface area contributed by atoms with E-state index in [1.165, 1.54) is 21.3 Å². The molecular formula is C43H65N3O9. The molecule has 0 bridgehead atoms. The maximum atomic E-state index is 14.3. The second-order valence-electron chi connectivity index (χ2n) is 20.1. The molecule has 3 aliphatic rings. The maximum Gasteiger partial charge on any atom is 0.339 e. The number of hydroxylamine groups is 6. The van der Waals surface area contributed by atoms with E-state index in [1.54, 1.807) is 24.3 Å². The Hall–Kier alpha value is -3.13. The molecule has 2 aromatic rings. The second kappa shape index (κ2) is 15.0. The number of benzene rings is 2. The average molecular weight is 768 g/mol. The third-order valence-corrected chi connectivity index (χ3v) is 12.3. The molecule has 306 valence electrons. The molecule has 0 radical (unpaired) electrons. The van der Waals surface area contributed by atoms with Crippen molar-refractivity contribution in [1.29, 1.82) is 0 Å². The van der Waals surface area contributed by atoms with Crippen LogP contribution in [0.25, 0.3) is 10.8 Å². The smallest absolute Gasteiger partial charge is 0.339 e. The summed E-state index contributed by atoms with van der Waals surface area (Å²) in [5, 5.41) is 37.9. The Morgan fingerprint density at radius 2 is 0.873 bits per heavy atom. The van der Waals surface area contributed by atoms with E-state index in [0.29, 0.717) is 68.6 Å². The van der Waals surface area contributed by atoms with Crippen LogP contribution in [-0.4, -0.2) is 100 Å². The summed E-state index contributed by atoms with van der Waals surface area (Å²) in [5.41, 5.74) is -3.01. The first kappa shape index (κ1) is 43.0. The predicted molar refractivity (Wildman–Crippen MR) is 208 cm³/mol. The van der Waals surface area contributed by atoms with Crippen molar-refractivity contribution in [2.24, 2.45) is 0 Å². The van der Waals surface area contributed by atoms with Gasteiger partial charge in [0.1, 0.15) is 18.3 Å². The van der Waals surface area contributed by atoms with Crippen LogP contribution in [0.2, 0.25) is 0 Å². The standard InChI is InChI=1S/C43H65N3O9/c1-38(2)18-15-30(24-41(7,8)44(38)50)53-35(47)28-14-13-27-21-29(36(48)54-31-16-19-39(3,4)45(51)42(9,10)25-31)23-34(33(27)22-28)37(49)55-32-17-20-40(5,6)46(52)43(11,12)26-32/h13-14,21-23,30-32,50-52H,15-20,24-26H2,1-12H3. The van der Waals surface area contributed by atoms with E-state index in [0.717, 1.165) is 0 Å². The Balaban J connectivity index is 1.48. The van der Waals surface area contributed by atoms with Crippen molar-refractivity contribution < 1.29 is 44.2 Å². The van der Waals surface area contributed by atoms with Crippen LogP contribution in [0, 0.1) is 0 Å². The number of rotatable bonds is 6. The summed E-state index contributed by atoms with van der Waals surface area (Å²) >= 11 is 0. The van der Waals surface area contributed by atoms with Gasteiger partial charge in [-0.05, 0) is 157 Å². The van der Waals surface area contributed by atoms with Gasteiger partial charge in [0, 0.05) is 52.5 Å². The fraction of sp³-hybridized carbons (Fsp3) is 0.698. The minimum atomic E-state index is -0.685. The summed E-state index contributed by atoms with van der Waals surface area (Å²) < 4.78 is 18.3. The SMILES string of the molecule is CC1(C)CCC(OC(=O)c2cc(C(=O)OC3CCC(C)(C)N(O)C(C)(C)C3)c3cc(C(=O)OC4CCC(C)(C)N(O)C(C)(C)C4)ccc3c2)CC(C)(C)N1O. The van der Waals surface area contributed by atoms with Gasteiger partial charge in [-0.3, -0.25) is 0 Å². The van der Waals surface area contributed by atoms with Gasteiger partial charge >= 0.3 is 17.9 Å². The van der Waals surface area contributed by atoms with Gasteiger partial charge in [0.15, 0.2) is 0 Å². The van der Waals surface area contributed by atoms with Crippen LogP contribution in [0.4, 0.5) is 0 Å². The first-order chi connectivity index (χ1) is 25.1. The fourth-order valence-electron chi connectivity index (χ4n) is 9.28. The monoisotopic (exact) mass is 767 g/mol. The normalized spacial score (nSPS) is 27.9. The van der Waals surface area contributed by atoms with Crippen molar-refractivity contribution in [3.8, 4) is 0 Å². The highest BCUT2D eigenvalue weighted by Crippen LogP contribution is 2.40. The summed E-state index contributed by atoms with van der Waals surface area (Å²) in [5.74, 6) is -1.81. The molecule has 0 spiro atoms. The molecule has 3 heterocycles. The zero-order valence-electron chi connectivity index (χ0n) is 35.1. The summed E-state index contributed by atoms with van der Waals surface area (Å²) in [4.78, 5) is 41.9. The van der Waals surface area contributed by atoms with E-state index in [1.807, 2.05) is 83.1 Å². The Kier molecular flexibility index (Phi) is 11.7. The molecule has 3 aliphatic heterocycles. The molecule has 0 aromatic heterocycles. The van der Waals surface area contributed by atoms with Gasteiger partial charge in [0.2, 0.25) is 0 Å². The van der Waals surface area contributed by atoms with Crippen LogP contribution < -0.4 is 0 Å². The van der Waals surface area contributed by atoms with Crippen LogP contribution in [0.3, 0.4) is 0 Å². The van der Waals surface area contributed by atoms with E-state index in [-0.39, 0.29) is 16.7 Å². The van der Waals surface area contributed by atoms with Crippen LogP contribution in [-0.2, 0) is 14.2 Å². The van der Waals surface area contributed by atoms with Gasteiger partial charge in [-0.2, -0.15) is 15.2 Å². The minimum Gasteiger partial charge on any atom is -0.459 e. The molecule has 3 N–H and O–H groups in total. The third-order valence-electron chi connectivity index (χ3n) is 12.3. The third kappa shape index (κ3) is 9.21. The summed E-state index contributed by atoms with van der Waals surface area (Å²) in [7, 11) is 0. The van der Waals surface area contributed by atoms with Gasteiger partial charge in [0.25, 0.3) is 0 Å². The number of nitrogens with zero attached hydrogens (tertiary/aromatic N) is 3. The lowest BCUT2D eigenvalue weighted by Gasteiger charge is -2.42. The van der Waals surface area contributed by atoms with Gasteiger partial charge in [-0.25, -0.2) is 14.4 Å². The lowest BCUT2D eigenvalue weighted by Crippen LogP contribution is -2.52. The molecule has 5 rings (SSSR count). The largest absolute Gasteiger partial charge is 0.459 e. The molecule has 0 saturated carbocycles. The van der Waals surface area contributed by atoms with Gasteiger partial charge in [-0.15, -0.1) is 0 Å². The van der Waals surface area contributed by atoms with Crippen molar-refractivity contribution >= 4 is 28.7 Å². The molecular weight excluding hydrogens is 702 g/mol. The number of hydrogen-bond acceptors (Lipinski definition) is 12. The number of hydrogen-bond donors (Lipinski definition) is 3. The molecule has 3 atom stereocenters. The minimum absolute atomic E-state index is 0.110. The highest BCUT2D eigenvalue weighted by molar-refractivity contribution is 6.09. The van der Waals surface area contributed by atoms with Crippen LogP contribution in [0.1, 0.15) is 172 Å². The van der Waals surface area contributed by atoms with Gasteiger partial charge < -0.3 is 29.8 Å². The molecule has 3 saturated heterocycles. The highest BCUT2D eigenvalue weighted by Gasteiger charge is 2.45. The van der Waals surface area contributed by atoms with Crippen LogP contribution in [0.15, 0.2) is 30.3 Å². The fourth-order valence-corrected chi connectivity index (χ4v) is 9.28. The van der Waals surface area contributed by atoms with Crippen molar-refractivity contribution in [2.45, 2.75) is 192 Å². The van der Waals surface area contributed by atoms with E-state index < -0.39 is 69.5 Å². The van der Waals surface area contributed by atoms with Gasteiger partial charge in [-0.1, -0.05) is 6.07 Å². The Morgan fingerprint density at radius 1 is 0.509 bits per heavy atom. The summed E-state index contributed by atoms with van der Waals surface area (Å²) in [6, 6.07) is 8.05. The van der Waals surface area contributed by atoms with Crippen molar-refractivity contribution in [1.82, 2.24) is 15.2 Å². The quantitative estimate of drug-likeness (QED) is 0.191. The van der Waals surface area contributed by atoms with E-state index >= 15 is 0 Å². The molecule has 3 fully saturated rings. The number of carbonyl (C=O) groups is 3. The zero-order chi connectivity index (χ0) is 41.1. The number of esters is 3. The van der Waals surface area contributed by atoms with Crippen molar-refractivity contribution in [2.75, 3.05) is 0 Å². The molecule has 55 heavy (non-hydrogen) atoms. The molecule has 0 aliphatic carbocycles. The van der Waals surface area contributed by atoms with Crippen molar-refractivity contribution in [3.63, 3.8) is 0 Å². The van der Waals surface area contributed by atoms with E-state index in [2.05, 4.69) is 0 Å². The van der Waals surface area contributed by atoms with Crippen LogP contribution >= 0.6 is 0 Å². The molecule has 2 aromatic carbocycles. The molecule has 12 heteroatoms. The first-order valence-electron chi connectivity index (χ1n) is 19.8. The molecule has 12 nitrogen and oxygen atoms in total. The lowest BCUT2D eigenvalue weighted by atomic mass is 9.95. The Bertz CT molecular complexity index is 1780. The Labute approximate surface area is 326 Å². The predicted octanol–water partition coefficient (Wildman–Crippen LogP) is 8.71. The molecule has 3 unspecified atom stereocenters. The topological polar surface area (TPSA) is 149 Å².